The van der Waals surface area contributed by atoms with Crippen LogP contribution in [-0.2, 0) is 43.6 Å². The number of esters is 1. The number of nitrogens with one attached hydrogen (secondary N) is 1. The average Bonchev–Trinajstić information content (AvgIpc) is 3.40. The lowest BCUT2D eigenvalue weighted by atomic mass is 10.1. The van der Waals surface area contributed by atoms with Crippen molar-refractivity contribution in [3.05, 3.63) is 52.4 Å². The second-order valence-corrected chi connectivity index (χ2v) is 13.0. The molecule has 12 heteroatoms. The topological polar surface area (TPSA) is 92.8 Å². The zero-order chi connectivity index (χ0) is 30.3. The molecule has 41 heavy (non-hydrogen) atoms. The molecule has 1 amide bonds. The number of alkyl halides is 3. The molecule has 0 spiro atoms. The van der Waals surface area contributed by atoms with Crippen LogP contribution < -0.4 is 4.72 Å². The monoisotopic (exact) mass is 618 g/mol. The number of hydrogen-bond donors (Lipinski definition) is 1. The van der Waals surface area contributed by atoms with Crippen LogP contribution >= 0.6 is 11.3 Å². The third-order valence-corrected chi connectivity index (χ3v) is 9.49. The van der Waals surface area contributed by atoms with Crippen LogP contribution in [0.2, 0.25) is 0 Å². The highest BCUT2D eigenvalue weighted by Crippen LogP contribution is 2.29. The fraction of sp³-hybridized carbons (Fsp3) is 0.586. The maximum Gasteiger partial charge on any atom is 0.416 e. The molecule has 1 aromatic carbocycles. The summed E-state index contributed by atoms with van der Waals surface area (Å²) in [5.74, 6) is -2.06. The van der Waals surface area contributed by atoms with E-state index in [4.69, 9.17) is 4.74 Å². The predicted molar refractivity (Wildman–Crippen MR) is 154 cm³/mol. The van der Waals surface area contributed by atoms with Gasteiger partial charge in [-0.05, 0) is 43.2 Å². The summed E-state index contributed by atoms with van der Waals surface area (Å²) in [6.07, 6.45) is 6.97. The summed E-state index contributed by atoms with van der Waals surface area (Å²) >= 11 is 0.965. The molecule has 7 nitrogen and oxygen atoms in total. The van der Waals surface area contributed by atoms with Gasteiger partial charge in [0.1, 0.15) is 4.21 Å². The molecule has 2 aromatic rings. The molecule has 0 unspecified atom stereocenters. The van der Waals surface area contributed by atoms with Gasteiger partial charge < -0.3 is 9.64 Å². The van der Waals surface area contributed by atoms with Crippen molar-refractivity contribution < 1.29 is 35.9 Å². The van der Waals surface area contributed by atoms with Crippen molar-refractivity contribution in [2.24, 2.45) is 0 Å². The summed E-state index contributed by atoms with van der Waals surface area (Å²) < 4.78 is 71.8. The van der Waals surface area contributed by atoms with E-state index < -0.39 is 33.6 Å². The standard InChI is InChI=1S/C29H41F3N2O5S2/c1-3-5-6-7-8-9-10-11-12-13-20-33-41(37,38)26-19-18-25(40-26)22-34(27(35)28(36)39-4-2)21-23-14-16-24(17-15-23)29(30,31)32/h14-19,33H,3-13,20-22H2,1-2H3. The van der Waals surface area contributed by atoms with Gasteiger partial charge in [0.05, 0.1) is 18.7 Å². The van der Waals surface area contributed by atoms with E-state index in [0.717, 1.165) is 54.1 Å². The van der Waals surface area contributed by atoms with Crippen molar-refractivity contribution in [1.29, 1.82) is 0 Å². The van der Waals surface area contributed by atoms with Crippen LogP contribution in [0.25, 0.3) is 0 Å². The maximum atomic E-state index is 12.9. The molecule has 0 saturated carbocycles. The van der Waals surface area contributed by atoms with Gasteiger partial charge in [0.15, 0.2) is 0 Å². The number of nitrogens with zero attached hydrogens (tertiary/aromatic N) is 1. The highest BCUT2D eigenvalue weighted by Gasteiger charge is 2.30. The maximum absolute atomic E-state index is 12.9. The number of sulfonamides is 1. The number of ether oxygens (including phenoxy) is 1. The van der Waals surface area contributed by atoms with Crippen LogP contribution in [-0.4, -0.2) is 38.3 Å². The third-order valence-electron chi connectivity index (χ3n) is 6.46. The van der Waals surface area contributed by atoms with Gasteiger partial charge in [0, 0.05) is 18.0 Å². The number of hydrogen-bond acceptors (Lipinski definition) is 6. The quantitative estimate of drug-likeness (QED) is 0.110. The second-order valence-electron chi connectivity index (χ2n) is 9.88. The molecule has 0 aliphatic rings. The first-order valence-corrected chi connectivity index (χ1v) is 16.5. The van der Waals surface area contributed by atoms with Crippen molar-refractivity contribution in [2.45, 2.75) is 102 Å². The number of benzene rings is 1. The molecule has 1 aromatic heterocycles. The number of thiophene rings is 1. The van der Waals surface area contributed by atoms with Gasteiger partial charge in [-0.3, -0.25) is 4.79 Å². The second kappa shape index (κ2) is 17.5. The Labute approximate surface area is 245 Å². The van der Waals surface area contributed by atoms with Gasteiger partial charge in [0.2, 0.25) is 10.0 Å². The Hall–Kier alpha value is -2.44. The lowest BCUT2D eigenvalue weighted by Crippen LogP contribution is -2.36. The predicted octanol–water partition coefficient (Wildman–Crippen LogP) is 7.06. The van der Waals surface area contributed by atoms with Gasteiger partial charge in [-0.2, -0.15) is 13.2 Å². The number of carbonyl (C=O) groups is 2. The van der Waals surface area contributed by atoms with Gasteiger partial charge in [-0.15, -0.1) is 11.3 Å². The highest BCUT2D eigenvalue weighted by molar-refractivity contribution is 7.91. The molecule has 230 valence electrons. The molecule has 0 bridgehead atoms. The lowest BCUT2D eigenvalue weighted by molar-refractivity contribution is -0.160. The van der Waals surface area contributed by atoms with Crippen molar-refractivity contribution >= 4 is 33.2 Å². The largest absolute Gasteiger partial charge is 0.459 e. The fourth-order valence-corrected chi connectivity index (χ4v) is 6.70. The first-order chi connectivity index (χ1) is 19.5. The molecule has 0 aliphatic heterocycles. The lowest BCUT2D eigenvalue weighted by Gasteiger charge is -2.21. The van der Waals surface area contributed by atoms with Crippen LogP contribution in [0.15, 0.2) is 40.6 Å². The minimum atomic E-state index is -4.50. The summed E-state index contributed by atoms with van der Waals surface area (Å²) in [6, 6.07) is 7.26. The number of unbranched alkanes of at least 4 members (excludes halogenated alkanes) is 9. The van der Waals surface area contributed by atoms with Crippen LogP contribution in [0, 0.1) is 0 Å². The van der Waals surface area contributed by atoms with Crippen LogP contribution in [0.1, 0.15) is 94.1 Å². The number of amides is 1. The van der Waals surface area contributed by atoms with Crippen LogP contribution in [0.3, 0.4) is 0 Å². The SMILES string of the molecule is CCCCCCCCCCCCNS(=O)(=O)c1ccc(CN(Cc2ccc(C(F)(F)F)cc2)C(=O)C(=O)OCC)s1. The molecule has 0 aliphatic carbocycles. The minimum Gasteiger partial charge on any atom is -0.459 e. The van der Waals surface area contributed by atoms with Crippen molar-refractivity contribution in [3.63, 3.8) is 0 Å². The number of halogens is 3. The number of rotatable bonds is 18. The van der Waals surface area contributed by atoms with E-state index in [1.54, 1.807) is 13.0 Å². The van der Waals surface area contributed by atoms with E-state index in [1.165, 1.54) is 56.7 Å². The van der Waals surface area contributed by atoms with E-state index in [1.807, 2.05) is 0 Å². The van der Waals surface area contributed by atoms with Crippen LogP contribution in [0.4, 0.5) is 13.2 Å². The molecule has 2 rings (SSSR count). The molecular formula is C29H41F3N2O5S2. The Kier molecular flexibility index (Phi) is 14.8. The molecule has 0 radical (unpaired) electrons. The Bertz CT molecular complexity index is 1180. The van der Waals surface area contributed by atoms with Gasteiger partial charge >= 0.3 is 18.1 Å². The Balaban J connectivity index is 1.93. The van der Waals surface area contributed by atoms with Gasteiger partial charge in [-0.25, -0.2) is 17.9 Å². The molecule has 1 heterocycles. The zero-order valence-electron chi connectivity index (χ0n) is 23.8. The Morgan fingerprint density at radius 2 is 1.44 bits per heavy atom. The minimum absolute atomic E-state index is 0.0230. The van der Waals surface area contributed by atoms with E-state index >= 15 is 0 Å². The third kappa shape index (κ3) is 12.5. The summed E-state index contributed by atoms with van der Waals surface area (Å²) in [6.45, 7) is 3.78. The molecule has 0 fully saturated rings. The normalized spacial score (nSPS) is 11.9. The van der Waals surface area contributed by atoms with E-state index in [0.29, 0.717) is 17.0 Å². The first-order valence-electron chi connectivity index (χ1n) is 14.2. The van der Waals surface area contributed by atoms with Crippen molar-refractivity contribution in [3.8, 4) is 0 Å². The highest BCUT2D eigenvalue weighted by atomic mass is 32.2. The van der Waals surface area contributed by atoms with Crippen LogP contribution in [0.5, 0.6) is 0 Å². The van der Waals surface area contributed by atoms with E-state index in [9.17, 15) is 31.2 Å². The van der Waals surface area contributed by atoms with Gasteiger partial charge in [0.25, 0.3) is 0 Å². The smallest absolute Gasteiger partial charge is 0.416 e. The molecule has 1 N–H and O–H groups in total. The summed E-state index contributed by atoms with van der Waals surface area (Å²) in [5, 5.41) is 0. The Morgan fingerprint density at radius 1 is 0.854 bits per heavy atom. The van der Waals surface area contributed by atoms with E-state index in [-0.39, 0.29) is 23.9 Å². The first kappa shape index (κ1) is 34.8. The number of carbonyl (C=O) groups excluding carboxylic acids is 2. The summed E-state index contributed by atoms with van der Waals surface area (Å²) in [4.78, 5) is 26.5. The molecule has 0 atom stereocenters. The average molecular weight is 619 g/mol. The van der Waals surface area contributed by atoms with Crippen molar-refractivity contribution in [2.75, 3.05) is 13.2 Å². The Morgan fingerprint density at radius 3 is 2.00 bits per heavy atom. The molecule has 0 saturated heterocycles. The summed E-state index contributed by atoms with van der Waals surface area (Å²) in [5.41, 5.74) is -0.457. The van der Waals surface area contributed by atoms with Crippen molar-refractivity contribution in [1.82, 2.24) is 9.62 Å². The summed E-state index contributed by atoms with van der Waals surface area (Å²) in [7, 11) is -3.74. The molecular weight excluding hydrogens is 577 g/mol. The van der Waals surface area contributed by atoms with E-state index in [2.05, 4.69) is 11.6 Å². The zero-order valence-corrected chi connectivity index (χ0v) is 25.4. The fourth-order valence-electron chi connectivity index (χ4n) is 4.21. The van der Waals surface area contributed by atoms with Gasteiger partial charge in [-0.1, -0.05) is 76.8 Å².